The number of carboxylic acid groups (broad SMARTS) is 1. The van der Waals surface area contributed by atoms with Crippen molar-refractivity contribution in [3.05, 3.63) is 0 Å². The third kappa shape index (κ3) is 6.29. The molecule has 0 aromatic heterocycles. The van der Waals surface area contributed by atoms with Crippen molar-refractivity contribution in [3.63, 3.8) is 0 Å². The first-order chi connectivity index (χ1) is 5.02. The van der Waals surface area contributed by atoms with Gasteiger partial charge >= 0.3 is 12.0 Å². The molecule has 6 nitrogen and oxygen atoms in total. The molecule has 11 heavy (non-hydrogen) atoms. The van der Waals surface area contributed by atoms with Crippen LogP contribution < -0.4 is 10.6 Å². The van der Waals surface area contributed by atoms with E-state index in [0.29, 0.717) is 0 Å². The van der Waals surface area contributed by atoms with E-state index in [1.807, 2.05) is 10.6 Å². The number of imide groups is 1. The van der Waals surface area contributed by atoms with Crippen molar-refractivity contribution in [1.82, 2.24) is 10.6 Å². The summed E-state index contributed by atoms with van der Waals surface area (Å²) in [5, 5.41) is 11.9. The molecule has 0 bridgehead atoms. The molecular formula is C5H8N2O4. The van der Waals surface area contributed by atoms with E-state index in [9.17, 15) is 14.4 Å². The summed E-state index contributed by atoms with van der Waals surface area (Å²) in [6, 6.07) is -0.806. The molecular weight excluding hydrogens is 152 g/mol. The van der Waals surface area contributed by atoms with Gasteiger partial charge in [0.25, 0.3) is 0 Å². The van der Waals surface area contributed by atoms with E-state index in [0.717, 1.165) is 6.92 Å². The van der Waals surface area contributed by atoms with Crippen LogP contribution in [0.25, 0.3) is 0 Å². The van der Waals surface area contributed by atoms with E-state index >= 15 is 0 Å². The monoisotopic (exact) mass is 160 g/mol. The Hall–Kier alpha value is -1.59. The first-order valence-electron chi connectivity index (χ1n) is 2.79. The third-order valence-corrected chi connectivity index (χ3v) is 0.690. The molecule has 0 atom stereocenters. The summed E-state index contributed by atoms with van der Waals surface area (Å²) in [5.41, 5.74) is 0. The lowest BCUT2D eigenvalue weighted by Crippen LogP contribution is -2.40. The van der Waals surface area contributed by atoms with Crippen molar-refractivity contribution < 1.29 is 19.5 Å². The van der Waals surface area contributed by atoms with Gasteiger partial charge < -0.3 is 10.4 Å². The van der Waals surface area contributed by atoms with Gasteiger partial charge in [-0.25, -0.2) is 4.79 Å². The second-order valence-corrected chi connectivity index (χ2v) is 1.76. The molecule has 3 N–H and O–H groups in total. The van der Waals surface area contributed by atoms with Crippen LogP contribution in [0, 0.1) is 0 Å². The normalized spacial score (nSPS) is 8.45. The van der Waals surface area contributed by atoms with Gasteiger partial charge in [0.2, 0.25) is 5.91 Å². The van der Waals surface area contributed by atoms with Crippen molar-refractivity contribution in [1.29, 1.82) is 0 Å². The molecule has 0 saturated carbocycles. The zero-order chi connectivity index (χ0) is 8.85. The minimum atomic E-state index is -1.16. The smallest absolute Gasteiger partial charge is 0.323 e. The number of nitrogens with one attached hydrogen (secondary N) is 2. The van der Waals surface area contributed by atoms with Crippen LogP contribution in [0.15, 0.2) is 0 Å². The average molecular weight is 160 g/mol. The number of carbonyl (C=O) groups is 3. The quantitative estimate of drug-likeness (QED) is 0.478. The fourth-order valence-corrected chi connectivity index (χ4v) is 0.360. The van der Waals surface area contributed by atoms with E-state index < -0.39 is 24.5 Å². The molecule has 0 rings (SSSR count). The largest absolute Gasteiger partial charge is 0.480 e. The van der Waals surface area contributed by atoms with E-state index in [1.165, 1.54) is 0 Å². The lowest BCUT2D eigenvalue weighted by molar-refractivity contribution is -0.135. The Morgan fingerprint density at radius 3 is 2.27 bits per heavy atom. The molecule has 0 fully saturated rings. The van der Waals surface area contributed by atoms with E-state index in [1.54, 1.807) is 0 Å². The zero-order valence-electron chi connectivity index (χ0n) is 5.88. The van der Waals surface area contributed by atoms with Crippen molar-refractivity contribution in [2.75, 3.05) is 6.54 Å². The van der Waals surface area contributed by atoms with Gasteiger partial charge in [-0.3, -0.25) is 14.9 Å². The van der Waals surface area contributed by atoms with Gasteiger partial charge in [0.15, 0.2) is 0 Å². The molecule has 0 aromatic carbocycles. The molecule has 0 heterocycles. The molecule has 6 heteroatoms. The van der Waals surface area contributed by atoms with Gasteiger partial charge in [-0.1, -0.05) is 0 Å². The second-order valence-electron chi connectivity index (χ2n) is 1.76. The summed E-state index contributed by atoms with van der Waals surface area (Å²) >= 11 is 0. The Kier molecular flexibility index (Phi) is 3.65. The summed E-state index contributed by atoms with van der Waals surface area (Å²) in [5.74, 6) is -1.70. The van der Waals surface area contributed by atoms with Gasteiger partial charge in [-0.05, 0) is 0 Å². The second kappa shape index (κ2) is 4.26. The maximum Gasteiger partial charge on any atom is 0.323 e. The summed E-state index contributed by atoms with van der Waals surface area (Å²) in [4.78, 5) is 30.5. The van der Waals surface area contributed by atoms with Crippen LogP contribution in [0.4, 0.5) is 4.79 Å². The Labute approximate surface area is 62.6 Å². The highest BCUT2D eigenvalue weighted by Gasteiger charge is 2.03. The number of aliphatic carboxylic acids is 1. The molecule has 0 unspecified atom stereocenters. The summed E-state index contributed by atoms with van der Waals surface area (Å²) < 4.78 is 0. The summed E-state index contributed by atoms with van der Waals surface area (Å²) in [6.07, 6.45) is 0. The zero-order valence-corrected chi connectivity index (χ0v) is 5.88. The van der Waals surface area contributed by atoms with E-state index in [-0.39, 0.29) is 0 Å². The fraction of sp³-hybridized carbons (Fsp3) is 0.400. The van der Waals surface area contributed by atoms with Crippen LogP contribution in [0.3, 0.4) is 0 Å². The van der Waals surface area contributed by atoms with Crippen LogP contribution in [-0.4, -0.2) is 29.6 Å². The van der Waals surface area contributed by atoms with Crippen molar-refractivity contribution in [3.8, 4) is 0 Å². The van der Waals surface area contributed by atoms with Crippen molar-refractivity contribution >= 4 is 17.9 Å². The molecule has 0 aliphatic carbocycles. The maximum absolute atomic E-state index is 10.5. The minimum absolute atomic E-state index is 0.501. The van der Waals surface area contributed by atoms with Gasteiger partial charge in [-0.15, -0.1) is 0 Å². The van der Waals surface area contributed by atoms with Gasteiger partial charge in [0.05, 0.1) is 0 Å². The molecule has 0 aliphatic heterocycles. The third-order valence-electron chi connectivity index (χ3n) is 0.690. The Balaban J connectivity index is 3.53. The highest BCUT2D eigenvalue weighted by atomic mass is 16.4. The molecule has 0 radical (unpaired) electrons. The predicted octanol–water partition coefficient (Wildman–Crippen LogP) is -1.08. The maximum atomic E-state index is 10.5. The van der Waals surface area contributed by atoms with Gasteiger partial charge in [0.1, 0.15) is 6.54 Å². The number of hydrogen-bond donors (Lipinski definition) is 3. The number of rotatable bonds is 2. The molecule has 62 valence electrons. The summed E-state index contributed by atoms with van der Waals surface area (Å²) in [7, 11) is 0. The average Bonchev–Trinajstić information content (AvgIpc) is 1.82. The molecule has 0 saturated heterocycles. The lowest BCUT2D eigenvalue weighted by atomic mass is 10.6. The standard InChI is InChI=1S/C5H8N2O4/c1-3(8)7-5(11)6-2-4(9)10/h2H2,1H3,(H,9,10)(H2,6,7,8,11). The number of urea groups is 1. The van der Waals surface area contributed by atoms with Crippen LogP contribution >= 0.6 is 0 Å². The fourth-order valence-electron chi connectivity index (χ4n) is 0.360. The lowest BCUT2D eigenvalue weighted by Gasteiger charge is -2.00. The van der Waals surface area contributed by atoms with Crippen molar-refractivity contribution in [2.24, 2.45) is 0 Å². The van der Waals surface area contributed by atoms with Crippen molar-refractivity contribution in [2.45, 2.75) is 6.92 Å². The first kappa shape index (κ1) is 9.41. The van der Waals surface area contributed by atoms with Gasteiger partial charge in [0, 0.05) is 6.92 Å². The number of amides is 3. The number of hydrogen-bond acceptors (Lipinski definition) is 3. The van der Waals surface area contributed by atoms with Crippen LogP contribution in [0.2, 0.25) is 0 Å². The van der Waals surface area contributed by atoms with E-state index in [4.69, 9.17) is 5.11 Å². The molecule has 0 aromatic rings. The SMILES string of the molecule is CC(=O)NC(=O)NCC(=O)O. The van der Waals surface area contributed by atoms with Crippen LogP contribution in [0.5, 0.6) is 0 Å². The predicted molar refractivity (Wildman–Crippen MR) is 34.9 cm³/mol. The van der Waals surface area contributed by atoms with Gasteiger partial charge in [-0.2, -0.15) is 0 Å². The highest BCUT2D eigenvalue weighted by molar-refractivity contribution is 5.94. The van der Waals surface area contributed by atoms with Crippen LogP contribution in [-0.2, 0) is 9.59 Å². The molecule has 0 aliphatic rings. The minimum Gasteiger partial charge on any atom is -0.480 e. The Bertz CT molecular complexity index is 189. The van der Waals surface area contributed by atoms with E-state index in [2.05, 4.69) is 0 Å². The first-order valence-corrected chi connectivity index (χ1v) is 2.79. The Morgan fingerprint density at radius 2 is 1.91 bits per heavy atom. The van der Waals surface area contributed by atoms with Crippen LogP contribution in [0.1, 0.15) is 6.92 Å². The number of carbonyl (C=O) groups excluding carboxylic acids is 2. The topological polar surface area (TPSA) is 95.5 Å². The summed E-state index contributed by atoms with van der Waals surface area (Å²) in [6.45, 7) is 0.652. The molecule has 0 spiro atoms. The molecule has 3 amide bonds. The Morgan fingerprint density at radius 1 is 1.36 bits per heavy atom. The number of carboxylic acids is 1. The highest BCUT2D eigenvalue weighted by Crippen LogP contribution is 1.66.